The Morgan fingerprint density at radius 1 is 1.36 bits per heavy atom. The minimum Gasteiger partial charge on any atom is -0.406 e. The molecule has 3 nitrogen and oxygen atoms in total. The van der Waals surface area contributed by atoms with E-state index in [-0.39, 0.29) is 10.0 Å². The molecule has 0 aliphatic heterocycles. The molecule has 0 aromatic heterocycles. The molecule has 1 aromatic carbocycles. The SMILES string of the molecule is C=C/C(=C\C=C\NC(=O)c1ccc(F)c(Br)c1)OC(F)(F)F. The van der Waals surface area contributed by atoms with Gasteiger partial charge in [-0.05, 0) is 52.4 Å². The number of allylic oxidation sites excluding steroid dienone is 3. The first-order valence-electron chi connectivity index (χ1n) is 5.74. The second kappa shape index (κ2) is 7.79. The van der Waals surface area contributed by atoms with Gasteiger partial charge in [0, 0.05) is 11.8 Å². The van der Waals surface area contributed by atoms with Crippen LogP contribution in [-0.4, -0.2) is 12.3 Å². The van der Waals surface area contributed by atoms with Crippen LogP contribution in [0.15, 0.2) is 59.4 Å². The number of hydrogen-bond donors (Lipinski definition) is 1. The van der Waals surface area contributed by atoms with Gasteiger partial charge in [0.15, 0.2) is 0 Å². The number of halogens is 5. The topological polar surface area (TPSA) is 38.3 Å². The van der Waals surface area contributed by atoms with Gasteiger partial charge in [-0.15, -0.1) is 13.2 Å². The zero-order valence-electron chi connectivity index (χ0n) is 11.0. The summed E-state index contributed by atoms with van der Waals surface area (Å²) in [6.07, 6.45) is -0.725. The highest BCUT2D eigenvalue weighted by Gasteiger charge is 2.31. The maximum Gasteiger partial charge on any atom is 0.573 e. The number of hydrogen-bond acceptors (Lipinski definition) is 2. The van der Waals surface area contributed by atoms with Crippen LogP contribution < -0.4 is 5.32 Å². The maximum absolute atomic E-state index is 13.0. The second-order valence-electron chi connectivity index (χ2n) is 3.78. The molecular weight excluding hydrogens is 370 g/mol. The molecule has 0 aliphatic rings. The van der Waals surface area contributed by atoms with Crippen LogP contribution in [0.4, 0.5) is 17.6 Å². The van der Waals surface area contributed by atoms with Gasteiger partial charge in [-0.2, -0.15) is 0 Å². The van der Waals surface area contributed by atoms with Gasteiger partial charge >= 0.3 is 6.36 Å². The summed E-state index contributed by atoms with van der Waals surface area (Å²) >= 11 is 2.94. The molecule has 1 rings (SSSR count). The molecule has 0 atom stereocenters. The van der Waals surface area contributed by atoms with Gasteiger partial charge in [-0.3, -0.25) is 4.79 Å². The van der Waals surface area contributed by atoms with E-state index in [1.54, 1.807) is 0 Å². The van der Waals surface area contributed by atoms with Crippen LogP contribution in [0.1, 0.15) is 10.4 Å². The zero-order valence-corrected chi connectivity index (χ0v) is 12.5. The highest BCUT2D eigenvalue weighted by atomic mass is 79.9. The van der Waals surface area contributed by atoms with Crippen molar-refractivity contribution in [2.75, 3.05) is 0 Å². The predicted molar refractivity (Wildman–Crippen MR) is 76.1 cm³/mol. The highest BCUT2D eigenvalue weighted by Crippen LogP contribution is 2.21. The summed E-state index contributed by atoms with van der Waals surface area (Å²) in [6.45, 7) is 3.17. The smallest absolute Gasteiger partial charge is 0.406 e. The molecule has 22 heavy (non-hydrogen) atoms. The molecule has 8 heteroatoms. The second-order valence-corrected chi connectivity index (χ2v) is 4.64. The largest absolute Gasteiger partial charge is 0.573 e. The van der Waals surface area contributed by atoms with E-state index in [2.05, 4.69) is 32.6 Å². The average Bonchev–Trinajstić information content (AvgIpc) is 2.43. The summed E-state index contributed by atoms with van der Waals surface area (Å²) in [5, 5.41) is 2.31. The van der Waals surface area contributed by atoms with Crippen molar-refractivity contribution in [2.45, 2.75) is 6.36 Å². The molecule has 0 saturated carbocycles. The number of amides is 1. The van der Waals surface area contributed by atoms with Crippen LogP contribution in [0.5, 0.6) is 0 Å². The third kappa shape index (κ3) is 6.13. The van der Waals surface area contributed by atoms with E-state index in [4.69, 9.17) is 0 Å². The fourth-order valence-corrected chi connectivity index (χ4v) is 1.64. The Labute approximate surface area is 132 Å². The Kier molecular flexibility index (Phi) is 6.36. The quantitative estimate of drug-likeness (QED) is 0.466. The van der Waals surface area contributed by atoms with Crippen molar-refractivity contribution in [2.24, 2.45) is 0 Å². The van der Waals surface area contributed by atoms with E-state index in [0.717, 1.165) is 30.5 Å². The Balaban J connectivity index is 2.66. The van der Waals surface area contributed by atoms with Crippen molar-refractivity contribution in [3.8, 4) is 0 Å². The molecule has 0 saturated heterocycles. The van der Waals surface area contributed by atoms with Gasteiger partial charge in [0.1, 0.15) is 11.6 Å². The van der Waals surface area contributed by atoms with Crippen molar-refractivity contribution in [3.63, 3.8) is 0 Å². The Hall–Kier alpha value is -2.09. The van der Waals surface area contributed by atoms with Crippen molar-refractivity contribution >= 4 is 21.8 Å². The molecule has 0 bridgehead atoms. The van der Waals surface area contributed by atoms with Gasteiger partial charge in [0.05, 0.1) is 4.47 Å². The summed E-state index contributed by atoms with van der Waals surface area (Å²) in [4.78, 5) is 11.7. The normalized spacial score (nSPS) is 12.3. The lowest BCUT2D eigenvalue weighted by Crippen LogP contribution is -2.17. The monoisotopic (exact) mass is 379 g/mol. The molecule has 0 spiro atoms. The summed E-state index contributed by atoms with van der Waals surface area (Å²) < 4.78 is 52.7. The van der Waals surface area contributed by atoms with E-state index >= 15 is 0 Å². The zero-order chi connectivity index (χ0) is 16.8. The van der Waals surface area contributed by atoms with Gasteiger partial charge in [-0.25, -0.2) is 4.39 Å². The summed E-state index contributed by atoms with van der Waals surface area (Å²) in [6, 6.07) is 3.65. The van der Waals surface area contributed by atoms with E-state index in [1.165, 1.54) is 12.1 Å². The van der Waals surface area contributed by atoms with Crippen LogP contribution in [0.2, 0.25) is 0 Å². The molecule has 1 amide bonds. The van der Waals surface area contributed by atoms with Gasteiger partial charge in [-0.1, -0.05) is 6.58 Å². The number of carbonyl (C=O) groups is 1. The van der Waals surface area contributed by atoms with Crippen molar-refractivity contribution in [1.82, 2.24) is 5.32 Å². The summed E-state index contributed by atoms with van der Waals surface area (Å²) in [5.74, 6) is -1.60. The Bertz CT molecular complexity index is 624. The maximum atomic E-state index is 13.0. The van der Waals surface area contributed by atoms with Crippen LogP contribution in [0.25, 0.3) is 0 Å². The molecule has 118 valence electrons. The minimum absolute atomic E-state index is 0.122. The first-order valence-corrected chi connectivity index (χ1v) is 6.53. The molecule has 0 aliphatic carbocycles. The number of benzene rings is 1. The van der Waals surface area contributed by atoms with E-state index in [0.29, 0.717) is 0 Å². The third-order valence-electron chi connectivity index (χ3n) is 2.19. The lowest BCUT2D eigenvalue weighted by Gasteiger charge is -2.08. The molecule has 0 heterocycles. The molecular formula is C14H10BrF4NO2. The van der Waals surface area contributed by atoms with Crippen LogP contribution >= 0.6 is 15.9 Å². The van der Waals surface area contributed by atoms with Crippen molar-refractivity contribution in [3.05, 3.63) is 70.8 Å². The number of nitrogens with one attached hydrogen (secondary N) is 1. The third-order valence-corrected chi connectivity index (χ3v) is 2.80. The lowest BCUT2D eigenvalue weighted by atomic mass is 10.2. The number of ether oxygens (including phenoxy) is 1. The molecule has 0 fully saturated rings. The molecule has 1 N–H and O–H groups in total. The number of carbonyl (C=O) groups excluding carboxylic acids is 1. The van der Waals surface area contributed by atoms with E-state index in [9.17, 15) is 22.4 Å². The fourth-order valence-electron chi connectivity index (χ4n) is 1.26. The summed E-state index contributed by atoms with van der Waals surface area (Å²) in [5.41, 5.74) is 0.178. The summed E-state index contributed by atoms with van der Waals surface area (Å²) in [7, 11) is 0. The standard InChI is InChI=1S/C14H10BrF4NO2/c1-2-10(22-14(17,18)19)4-3-7-20-13(21)9-5-6-12(16)11(15)8-9/h2-8H,1H2,(H,20,21)/b7-3+,10-4+. The first-order chi connectivity index (χ1) is 10.2. The highest BCUT2D eigenvalue weighted by molar-refractivity contribution is 9.10. The molecule has 0 unspecified atom stereocenters. The average molecular weight is 380 g/mol. The van der Waals surface area contributed by atoms with Crippen LogP contribution in [-0.2, 0) is 4.74 Å². The van der Waals surface area contributed by atoms with Crippen molar-refractivity contribution < 1.29 is 27.1 Å². The van der Waals surface area contributed by atoms with Gasteiger partial charge in [0.25, 0.3) is 5.91 Å². The first kappa shape index (κ1) is 18.0. The van der Waals surface area contributed by atoms with Crippen LogP contribution in [0.3, 0.4) is 0 Å². The molecule has 0 radical (unpaired) electrons. The minimum atomic E-state index is -4.82. The Morgan fingerprint density at radius 3 is 2.59 bits per heavy atom. The number of rotatable bonds is 5. The van der Waals surface area contributed by atoms with E-state index < -0.39 is 23.8 Å². The Morgan fingerprint density at radius 2 is 2.05 bits per heavy atom. The van der Waals surface area contributed by atoms with Gasteiger partial charge < -0.3 is 10.1 Å². The number of alkyl halides is 3. The fraction of sp³-hybridized carbons (Fsp3) is 0.0714. The van der Waals surface area contributed by atoms with Crippen LogP contribution in [0, 0.1) is 5.82 Å². The van der Waals surface area contributed by atoms with E-state index in [1.807, 2.05) is 0 Å². The van der Waals surface area contributed by atoms with Crippen molar-refractivity contribution in [1.29, 1.82) is 0 Å². The lowest BCUT2D eigenvalue weighted by molar-refractivity contribution is -0.303. The predicted octanol–water partition coefficient (Wildman–Crippen LogP) is 4.44. The van der Waals surface area contributed by atoms with Gasteiger partial charge in [0.2, 0.25) is 0 Å². The molecule has 1 aromatic rings.